The molecule has 1 aliphatic rings. The normalized spacial score (nSPS) is 21.2. The number of aromatic nitrogens is 2. The van der Waals surface area contributed by atoms with Gasteiger partial charge in [-0.25, -0.2) is 0 Å². The van der Waals surface area contributed by atoms with E-state index in [0.29, 0.717) is 5.69 Å². The standard InChI is InChI=1S/C12H18BrN3O/c1-2-16-11(9(13)8-15-16)12(17)10-6-4-3-5-7-14-10/h8,10,14H,2-7H2,1H3. The minimum atomic E-state index is -0.0456. The van der Waals surface area contributed by atoms with E-state index in [1.165, 1.54) is 6.42 Å². The van der Waals surface area contributed by atoms with E-state index in [4.69, 9.17) is 0 Å². The van der Waals surface area contributed by atoms with Crippen LogP contribution in [0.15, 0.2) is 10.7 Å². The number of hydrogen-bond acceptors (Lipinski definition) is 3. The summed E-state index contributed by atoms with van der Waals surface area (Å²) in [5.74, 6) is 0.165. The highest BCUT2D eigenvalue weighted by atomic mass is 79.9. The van der Waals surface area contributed by atoms with E-state index < -0.39 is 0 Å². The van der Waals surface area contributed by atoms with Gasteiger partial charge in [-0.05, 0) is 42.2 Å². The van der Waals surface area contributed by atoms with Crippen LogP contribution in [0.25, 0.3) is 0 Å². The third-order valence-corrected chi connectivity index (χ3v) is 3.78. The second-order valence-corrected chi connectivity index (χ2v) is 5.23. The van der Waals surface area contributed by atoms with Crippen LogP contribution < -0.4 is 5.32 Å². The molecule has 1 aromatic heterocycles. The Morgan fingerprint density at radius 1 is 1.59 bits per heavy atom. The highest BCUT2D eigenvalue weighted by molar-refractivity contribution is 9.10. The van der Waals surface area contributed by atoms with Crippen LogP contribution in [0.3, 0.4) is 0 Å². The fourth-order valence-electron chi connectivity index (χ4n) is 2.26. The lowest BCUT2D eigenvalue weighted by Crippen LogP contribution is -2.37. The molecule has 0 radical (unpaired) electrons. The van der Waals surface area contributed by atoms with E-state index in [0.717, 1.165) is 36.8 Å². The van der Waals surface area contributed by atoms with Crippen LogP contribution in [0.4, 0.5) is 0 Å². The van der Waals surface area contributed by atoms with Crippen molar-refractivity contribution in [3.05, 3.63) is 16.4 Å². The van der Waals surface area contributed by atoms with E-state index in [9.17, 15) is 4.79 Å². The molecule has 1 atom stereocenters. The topological polar surface area (TPSA) is 46.9 Å². The summed E-state index contributed by atoms with van der Waals surface area (Å²) in [6.45, 7) is 3.66. The molecule has 4 nitrogen and oxygen atoms in total. The van der Waals surface area contributed by atoms with E-state index >= 15 is 0 Å². The predicted molar refractivity (Wildman–Crippen MR) is 70.2 cm³/mol. The smallest absolute Gasteiger partial charge is 0.198 e. The van der Waals surface area contributed by atoms with Crippen molar-refractivity contribution in [2.24, 2.45) is 0 Å². The Kier molecular flexibility index (Phi) is 4.34. The van der Waals surface area contributed by atoms with Crippen molar-refractivity contribution in [3.63, 3.8) is 0 Å². The van der Waals surface area contributed by atoms with Gasteiger partial charge in [-0.2, -0.15) is 5.10 Å². The van der Waals surface area contributed by atoms with Crippen molar-refractivity contribution < 1.29 is 4.79 Å². The molecule has 1 saturated heterocycles. The third-order valence-electron chi connectivity index (χ3n) is 3.20. The molecular formula is C12H18BrN3O. The Bertz CT molecular complexity index is 394. The van der Waals surface area contributed by atoms with Crippen molar-refractivity contribution in [2.75, 3.05) is 6.54 Å². The second kappa shape index (κ2) is 5.78. The van der Waals surface area contributed by atoms with Crippen LogP contribution in [-0.4, -0.2) is 28.2 Å². The number of nitrogens with zero attached hydrogens (tertiary/aromatic N) is 2. The predicted octanol–water partition coefficient (Wildman–Crippen LogP) is 2.38. The summed E-state index contributed by atoms with van der Waals surface area (Å²) in [7, 11) is 0. The van der Waals surface area contributed by atoms with Crippen molar-refractivity contribution in [2.45, 2.75) is 45.2 Å². The lowest BCUT2D eigenvalue weighted by Gasteiger charge is -2.15. The maximum atomic E-state index is 12.5. The quantitative estimate of drug-likeness (QED) is 0.872. The molecular weight excluding hydrogens is 282 g/mol. The summed E-state index contributed by atoms with van der Waals surface area (Å²) < 4.78 is 2.56. The van der Waals surface area contributed by atoms with E-state index in [-0.39, 0.29) is 11.8 Å². The monoisotopic (exact) mass is 299 g/mol. The van der Waals surface area contributed by atoms with Crippen LogP contribution in [0.1, 0.15) is 43.1 Å². The van der Waals surface area contributed by atoms with Crippen molar-refractivity contribution in [1.82, 2.24) is 15.1 Å². The fourth-order valence-corrected chi connectivity index (χ4v) is 2.76. The third kappa shape index (κ3) is 2.77. The van der Waals surface area contributed by atoms with Crippen LogP contribution in [0.2, 0.25) is 0 Å². The molecule has 0 aliphatic carbocycles. The number of rotatable bonds is 3. The Morgan fingerprint density at radius 3 is 3.18 bits per heavy atom. The molecule has 0 aromatic carbocycles. The highest BCUT2D eigenvalue weighted by Gasteiger charge is 2.25. The van der Waals surface area contributed by atoms with Gasteiger partial charge in [-0.15, -0.1) is 0 Å². The number of Topliss-reactive ketones (excluding diaryl/α,β-unsaturated/α-hetero) is 1. The molecule has 2 heterocycles. The van der Waals surface area contributed by atoms with E-state index in [1.54, 1.807) is 10.9 Å². The molecule has 1 N–H and O–H groups in total. The second-order valence-electron chi connectivity index (χ2n) is 4.38. The van der Waals surface area contributed by atoms with Crippen LogP contribution in [0.5, 0.6) is 0 Å². The van der Waals surface area contributed by atoms with Gasteiger partial charge in [0.05, 0.1) is 16.7 Å². The molecule has 1 fully saturated rings. The van der Waals surface area contributed by atoms with Gasteiger partial charge in [0.25, 0.3) is 0 Å². The zero-order valence-corrected chi connectivity index (χ0v) is 11.7. The van der Waals surface area contributed by atoms with Gasteiger partial charge in [0.15, 0.2) is 5.78 Å². The summed E-state index contributed by atoms with van der Waals surface area (Å²) in [5.41, 5.74) is 0.701. The molecule has 1 unspecified atom stereocenters. The molecule has 0 saturated carbocycles. The lowest BCUT2D eigenvalue weighted by molar-refractivity contribution is 0.0929. The van der Waals surface area contributed by atoms with Gasteiger partial charge in [-0.1, -0.05) is 12.8 Å². The first-order valence-corrected chi connectivity index (χ1v) is 7.02. The van der Waals surface area contributed by atoms with Crippen molar-refractivity contribution in [1.29, 1.82) is 0 Å². The molecule has 5 heteroatoms. The van der Waals surface area contributed by atoms with Crippen LogP contribution in [0, 0.1) is 0 Å². The molecule has 1 aromatic rings. The first-order chi connectivity index (χ1) is 8.24. The zero-order chi connectivity index (χ0) is 12.3. The molecule has 2 rings (SSSR count). The number of carbonyl (C=O) groups is 1. The minimum Gasteiger partial charge on any atom is -0.307 e. The maximum Gasteiger partial charge on any atom is 0.198 e. The van der Waals surface area contributed by atoms with Gasteiger partial charge >= 0.3 is 0 Å². The van der Waals surface area contributed by atoms with E-state index in [1.807, 2.05) is 6.92 Å². The van der Waals surface area contributed by atoms with Crippen LogP contribution >= 0.6 is 15.9 Å². The summed E-state index contributed by atoms with van der Waals surface area (Å²) in [5, 5.41) is 7.53. The first-order valence-electron chi connectivity index (χ1n) is 6.23. The molecule has 1 aliphatic heterocycles. The van der Waals surface area contributed by atoms with Crippen molar-refractivity contribution >= 4 is 21.7 Å². The summed E-state index contributed by atoms with van der Waals surface area (Å²) in [6, 6.07) is -0.0456. The largest absolute Gasteiger partial charge is 0.307 e. The molecule has 0 amide bonds. The summed E-state index contributed by atoms with van der Waals surface area (Å²) >= 11 is 3.41. The first kappa shape index (κ1) is 12.8. The molecule has 94 valence electrons. The van der Waals surface area contributed by atoms with Gasteiger partial charge in [-0.3, -0.25) is 9.48 Å². The minimum absolute atomic E-state index is 0.0456. The van der Waals surface area contributed by atoms with Gasteiger partial charge in [0, 0.05) is 6.54 Å². The van der Waals surface area contributed by atoms with Crippen LogP contribution in [-0.2, 0) is 6.54 Å². The SMILES string of the molecule is CCn1ncc(Br)c1C(=O)C1CCCCCN1. The number of ketones is 1. The number of carbonyl (C=O) groups excluding carboxylic acids is 1. The Hall–Kier alpha value is -0.680. The Morgan fingerprint density at radius 2 is 2.41 bits per heavy atom. The fraction of sp³-hybridized carbons (Fsp3) is 0.667. The van der Waals surface area contributed by atoms with Gasteiger partial charge in [0.1, 0.15) is 5.69 Å². The van der Waals surface area contributed by atoms with Crippen molar-refractivity contribution in [3.8, 4) is 0 Å². The molecule has 17 heavy (non-hydrogen) atoms. The Labute approximate surface area is 110 Å². The van der Waals surface area contributed by atoms with E-state index in [2.05, 4.69) is 26.3 Å². The highest BCUT2D eigenvalue weighted by Crippen LogP contribution is 2.20. The maximum absolute atomic E-state index is 12.5. The average Bonchev–Trinajstić information content (AvgIpc) is 2.56. The number of halogens is 1. The number of aryl methyl sites for hydroxylation is 1. The number of nitrogens with one attached hydrogen (secondary N) is 1. The number of hydrogen-bond donors (Lipinski definition) is 1. The van der Waals surface area contributed by atoms with Gasteiger partial charge in [0.2, 0.25) is 0 Å². The Balaban J connectivity index is 2.20. The summed E-state index contributed by atoms with van der Waals surface area (Å²) in [6.07, 6.45) is 6.14. The zero-order valence-electron chi connectivity index (χ0n) is 10.1. The average molecular weight is 300 g/mol. The molecule has 0 spiro atoms. The summed E-state index contributed by atoms with van der Waals surface area (Å²) in [4.78, 5) is 12.5. The lowest BCUT2D eigenvalue weighted by atomic mass is 10.0. The molecule has 0 bridgehead atoms. The van der Waals surface area contributed by atoms with Gasteiger partial charge < -0.3 is 5.32 Å².